The molecule has 0 aromatic carbocycles. The van der Waals surface area contributed by atoms with Crippen LogP contribution in [-0.4, -0.2) is 22.2 Å². The molecule has 1 atom stereocenters. The first-order valence-electron chi connectivity index (χ1n) is 8.79. The van der Waals surface area contributed by atoms with Crippen LogP contribution in [0.15, 0.2) is 5.03 Å². The molecule has 1 aliphatic rings. The standard InChI is InChI=1S/C19H27N3OS/c1-12-13(2)17(11-20)19(21-14(12)3)24-15(4)18(23)22-16-9-7-5-6-8-10-16/h15-16H,5-10H2,1-4H3,(H,22,23)/t15-/m0/s1. The molecule has 0 bridgehead atoms. The molecule has 2 rings (SSSR count). The number of nitrogens with zero attached hydrogens (tertiary/aromatic N) is 2. The van der Waals surface area contributed by atoms with Crippen molar-refractivity contribution < 1.29 is 4.79 Å². The minimum atomic E-state index is -0.255. The Morgan fingerprint density at radius 1 is 1.21 bits per heavy atom. The highest BCUT2D eigenvalue weighted by Crippen LogP contribution is 2.29. The molecule has 0 saturated heterocycles. The number of pyridine rings is 1. The summed E-state index contributed by atoms with van der Waals surface area (Å²) in [6.07, 6.45) is 7.09. The molecule has 1 aromatic rings. The van der Waals surface area contributed by atoms with Gasteiger partial charge in [0.05, 0.1) is 10.8 Å². The molecule has 1 amide bonds. The van der Waals surface area contributed by atoms with Crippen molar-refractivity contribution in [1.82, 2.24) is 10.3 Å². The van der Waals surface area contributed by atoms with Crippen LogP contribution in [0.5, 0.6) is 0 Å². The lowest BCUT2D eigenvalue weighted by Gasteiger charge is -2.20. The van der Waals surface area contributed by atoms with Crippen molar-refractivity contribution in [3.63, 3.8) is 0 Å². The van der Waals surface area contributed by atoms with Gasteiger partial charge in [0, 0.05) is 11.7 Å². The van der Waals surface area contributed by atoms with Gasteiger partial charge in [-0.15, -0.1) is 0 Å². The number of carbonyl (C=O) groups is 1. The summed E-state index contributed by atoms with van der Waals surface area (Å²) in [6, 6.07) is 2.55. The number of nitriles is 1. The van der Waals surface area contributed by atoms with Gasteiger partial charge >= 0.3 is 0 Å². The summed E-state index contributed by atoms with van der Waals surface area (Å²) in [7, 11) is 0. The van der Waals surface area contributed by atoms with Crippen LogP contribution in [0, 0.1) is 32.1 Å². The number of rotatable bonds is 4. The molecule has 0 radical (unpaired) electrons. The first-order valence-corrected chi connectivity index (χ1v) is 9.67. The Balaban J connectivity index is 2.07. The Morgan fingerprint density at radius 3 is 2.42 bits per heavy atom. The quantitative estimate of drug-likeness (QED) is 0.656. The van der Waals surface area contributed by atoms with Gasteiger partial charge in [-0.2, -0.15) is 5.26 Å². The van der Waals surface area contributed by atoms with E-state index < -0.39 is 0 Å². The van der Waals surface area contributed by atoms with E-state index in [0.29, 0.717) is 16.6 Å². The van der Waals surface area contributed by atoms with Crippen molar-refractivity contribution in [2.24, 2.45) is 0 Å². The second-order valence-electron chi connectivity index (χ2n) is 6.70. The molecule has 1 aliphatic carbocycles. The van der Waals surface area contributed by atoms with Crippen molar-refractivity contribution in [1.29, 1.82) is 5.26 Å². The predicted molar refractivity (Wildman–Crippen MR) is 98.1 cm³/mol. The summed E-state index contributed by atoms with van der Waals surface area (Å²) < 4.78 is 0. The average Bonchev–Trinajstić information content (AvgIpc) is 2.81. The van der Waals surface area contributed by atoms with E-state index >= 15 is 0 Å². The smallest absolute Gasteiger partial charge is 0.233 e. The zero-order valence-electron chi connectivity index (χ0n) is 15.1. The fourth-order valence-corrected chi connectivity index (χ4v) is 4.11. The summed E-state index contributed by atoms with van der Waals surface area (Å²) in [4.78, 5) is 17.1. The molecule has 1 heterocycles. The van der Waals surface area contributed by atoms with Crippen LogP contribution < -0.4 is 5.32 Å². The molecular weight excluding hydrogens is 318 g/mol. The van der Waals surface area contributed by atoms with Gasteiger partial charge in [-0.25, -0.2) is 4.98 Å². The highest BCUT2D eigenvalue weighted by atomic mass is 32.2. The first kappa shape index (κ1) is 18.8. The zero-order valence-corrected chi connectivity index (χ0v) is 15.9. The number of nitrogens with one attached hydrogen (secondary N) is 1. The Morgan fingerprint density at radius 2 is 1.83 bits per heavy atom. The van der Waals surface area contributed by atoms with Crippen LogP contribution in [-0.2, 0) is 4.79 Å². The monoisotopic (exact) mass is 345 g/mol. The molecular formula is C19H27N3OS. The fourth-order valence-electron chi connectivity index (χ4n) is 3.09. The molecule has 1 aromatic heterocycles. The van der Waals surface area contributed by atoms with Crippen LogP contribution >= 0.6 is 11.8 Å². The molecule has 0 spiro atoms. The summed E-state index contributed by atoms with van der Waals surface area (Å²) >= 11 is 1.39. The normalized spacial score (nSPS) is 17.0. The van der Waals surface area contributed by atoms with Crippen molar-refractivity contribution in [3.8, 4) is 6.07 Å². The minimum absolute atomic E-state index is 0.0495. The van der Waals surface area contributed by atoms with Crippen LogP contribution in [0.4, 0.5) is 0 Å². The maximum Gasteiger partial charge on any atom is 0.233 e. The van der Waals surface area contributed by atoms with Crippen molar-refractivity contribution >= 4 is 17.7 Å². The highest BCUT2D eigenvalue weighted by Gasteiger charge is 2.22. The van der Waals surface area contributed by atoms with Crippen LogP contribution in [0.3, 0.4) is 0 Å². The van der Waals surface area contributed by atoms with Crippen molar-refractivity contribution in [2.45, 2.75) is 82.5 Å². The molecule has 1 N–H and O–H groups in total. The van der Waals surface area contributed by atoms with E-state index in [1.54, 1.807) is 0 Å². The summed E-state index contributed by atoms with van der Waals surface area (Å²) in [6.45, 7) is 7.77. The van der Waals surface area contributed by atoms with Gasteiger partial charge in [0.25, 0.3) is 0 Å². The Labute approximate surface area is 149 Å². The number of amides is 1. The number of hydrogen-bond donors (Lipinski definition) is 1. The molecule has 5 heteroatoms. The summed E-state index contributed by atoms with van der Waals surface area (Å²) in [5.74, 6) is 0.0495. The van der Waals surface area contributed by atoms with E-state index in [0.717, 1.165) is 29.7 Å². The van der Waals surface area contributed by atoms with Gasteiger partial charge in [0.2, 0.25) is 5.91 Å². The molecule has 1 saturated carbocycles. The first-order chi connectivity index (χ1) is 11.4. The second-order valence-corrected chi connectivity index (χ2v) is 8.03. The topological polar surface area (TPSA) is 65.8 Å². The lowest BCUT2D eigenvalue weighted by atomic mass is 10.1. The third-order valence-electron chi connectivity index (χ3n) is 4.93. The largest absolute Gasteiger partial charge is 0.352 e. The molecule has 1 fully saturated rings. The maximum absolute atomic E-state index is 12.5. The third kappa shape index (κ3) is 4.51. The number of thioether (sulfide) groups is 1. The van der Waals surface area contributed by atoms with Gasteiger partial charge in [0.1, 0.15) is 11.1 Å². The second kappa shape index (κ2) is 8.53. The van der Waals surface area contributed by atoms with Gasteiger partial charge in [-0.1, -0.05) is 37.4 Å². The van der Waals surface area contributed by atoms with Gasteiger partial charge in [-0.05, 0) is 51.7 Å². The molecule has 24 heavy (non-hydrogen) atoms. The van der Waals surface area contributed by atoms with Crippen LogP contribution in [0.25, 0.3) is 0 Å². The molecule has 130 valence electrons. The summed E-state index contributed by atoms with van der Waals surface area (Å²) in [5.41, 5.74) is 3.53. The minimum Gasteiger partial charge on any atom is -0.352 e. The number of aromatic nitrogens is 1. The highest BCUT2D eigenvalue weighted by molar-refractivity contribution is 8.00. The van der Waals surface area contributed by atoms with E-state index in [4.69, 9.17) is 0 Å². The van der Waals surface area contributed by atoms with Gasteiger partial charge < -0.3 is 5.32 Å². The average molecular weight is 346 g/mol. The van der Waals surface area contributed by atoms with Crippen LogP contribution in [0.1, 0.15) is 67.8 Å². The lowest BCUT2D eigenvalue weighted by Crippen LogP contribution is -2.39. The van der Waals surface area contributed by atoms with E-state index in [2.05, 4.69) is 16.4 Å². The number of carbonyl (C=O) groups excluding carboxylic acids is 1. The van der Waals surface area contributed by atoms with E-state index in [-0.39, 0.29) is 11.2 Å². The van der Waals surface area contributed by atoms with Crippen molar-refractivity contribution in [2.75, 3.05) is 0 Å². The van der Waals surface area contributed by atoms with E-state index in [1.165, 1.54) is 37.4 Å². The van der Waals surface area contributed by atoms with Gasteiger partial charge in [0.15, 0.2) is 0 Å². The molecule has 0 unspecified atom stereocenters. The van der Waals surface area contributed by atoms with E-state index in [1.807, 2.05) is 27.7 Å². The van der Waals surface area contributed by atoms with Crippen molar-refractivity contribution in [3.05, 3.63) is 22.4 Å². The fraction of sp³-hybridized carbons (Fsp3) is 0.632. The predicted octanol–water partition coefficient (Wildman–Crippen LogP) is 4.20. The third-order valence-corrected chi connectivity index (χ3v) is 6.02. The number of aryl methyl sites for hydroxylation is 1. The Bertz CT molecular complexity index is 643. The maximum atomic E-state index is 12.5. The number of hydrogen-bond acceptors (Lipinski definition) is 4. The summed E-state index contributed by atoms with van der Waals surface area (Å²) in [5, 5.41) is 13.1. The Kier molecular flexibility index (Phi) is 6.68. The SMILES string of the molecule is Cc1nc(S[C@@H](C)C(=O)NC2CCCCCC2)c(C#N)c(C)c1C. The van der Waals surface area contributed by atoms with Gasteiger partial charge in [-0.3, -0.25) is 4.79 Å². The molecule has 4 nitrogen and oxygen atoms in total. The zero-order chi connectivity index (χ0) is 17.7. The van der Waals surface area contributed by atoms with E-state index in [9.17, 15) is 10.1 Å². The lowest BCUT2D eigenvalue weighted by molar-refractivity contribution is -0.121. The molecule has 0 aliphatic heterocycles. The van der Waals surface area contributed by atoms with Crippen LogP contribution in [0.2, 0.25) is 0 Å². The Hall–Kier alpha value is -1.54.